The van der Waals surface area contributed by atoms with Crippen molar-refractivity contribution >= 4 is 5.69 Å². The number of aliphatic hydroxyl groups excluding tert-OH is 1. The molecule has 0 saturated carbocycles. The molecule has 1 aromatic carbocycles. The van der Waals surface area contributed by atoms with Crippen molar-refractivity contribution in [3.8, 4) is 0 Å². The van der Waals surface area contributed by atoms with Crippen LogP contribution in [-0.2, 0) is 6.42 Å². The van der Waals surface area contributed by atoms with Gasteiger partial charge in [0.1, 0.15) is 0 Å². The van der Waals surface area contributed by atoms with Gasteiger partial charge in [0.15, 0.2) is 0 Å². The summed E-state index contributed by atoms with van der Waals surface area (Å²) >= 11 is 0. The Kier molecular flexibility index (Phi) is 5.10. The van der Waals surface area contributed by atoms with Gasteiger partial charge in [-0.15, -0.1) is 0 Å². The molecule has 0 heterocycles. The van der Waals surface area contributed by atoms with E-state index in [4.69, 9.17) is 0 Å². The minimum absolute atomic E-state index is 0.0881. The number of aliphatic hydroxyl groups is 1. The van der Waals surface area contributed by atoms with Crippen molar-refractivity contribution in [3.63, 3.8) is 0 Å². The summed E-state index contributed by atoms with van der Waals surface area (Å²) < 4.78 is 0. The molecule has 0 amide bonds. The fourth-order valence-corrected chi connectivity index (χ4v) is 1.74. The second-order valence-electron chi connectivity index (χ2n) is 4.53. The van der Waals surface area contributed by atoms with Crippen LogP contribution < -0.4 is 0 Å². The monoisotopic (exact) mass is 237 g/mol. The molecule has 1 N–H and O–H groups in total. The average molecular weight is 237 g/mol. The SMILES string of the molecule is CCC(C)CC(O)Cc1ccc([N+](=O)[O-])cc1. The lowest BCUT2D eigenvalue weighted by atomic mass is 9.97. The number of benzene rings is 1. The van der Waals surface area contributed by atoms with E-state index in [1.807, 2.05) is 0 Å². The minimum Gasteiger partial charge on any atom is -0.393 e. The van der Waals surface area contributed by atoms with Crippen molar-refractivity contribution in [2.75, 3.05) is 0 Å². The molecule has 0 aromatic heterocycles. The molecule has 2 atom stereocenters. The Bertz CT molecular complexity index is 361. The molecule has 0 fully saturated rings. The van der Waals surface area contributed by atoms with E-state index >= 15 is 0 Å². The predicted octanol–water partition coefficient (Wildman–Crippen LogP) is 2.93. The zero-order valence-electron chi connectivity index (χ0n) is 10.3. The van der Waals surface area contributed by atoms with Gasteiger partial charge in [-0.3, -0.25) is 10.1 Å². The smallest absolute Gasteiger partial charge is 0.269 e. The molecule has 4 heteroatoms. The van der Waals surface area contributed by atoms with Gasteiger partial charge in [0.05, 0.1) is 11.0 Å². The Balaban J connectivity index is 2.54. The van der Waals surface area contributed by atoms with Gasteiger partial charge >= 0.3 is 0 Å². The van der Waals surface area contributed by atoms with Gasteiger partial charge in [-0.25, -0.2) is 0 Å². The van der Waals surface area contributed by atoms with Gasteiger partial charge < -0.3 is 5.11 Å². The summed E-state index contributed by atoms with van der Waals surface area (Å²) in [4.78, 5) is 10.1. The normalized spacial score (nSPS) is 14.3. The quantitative estimate of drug-likeness (QED) is 0.611. The number of nitro benzene ring substituents is 1. The molecule has 1 aromatic rings. The van der Waals surface area contributed by atoms with Crippen LogP contribution in [0.15, 0.2) is 24.3 Å². The predicted molar refractivity (Wildman–Crippen MR) is 66.9 cm³/mol. The van der Waals surface area contributed by atoms with Gasteiger partial charge in [-0.05, 0) is 24.3 Å². The molecular formula is C13H19NO3. The Hall–Kier alpha value is -1.42. The number of hydrogen-bond donors (Lipinski definition) is 1. The van der Waals surface area contributed by atoms with Gasteiger partial charge in [-0.2, -0.15) is 0 Å². The third-order valence-electron chi connectivity index (χ3n) is 2.99. The van der Waals surface area contributed by atoms with Crippen LogP contribution >= 0.6 is 0 Å². The van der Waals surface area contributed by atoms with Gasteiger partial charge in [0, 0.05) is 12.1 Å². The van der Waals surface area contributed by atoms with Crippen LogP contribution in [0.1, 0.15) is 32.3 Å². The Morgan fingerprint density at radius 3 is 2.41 bits per heavy atom. The molecule has 0 bridgehead atoms. The highest BCUT2D eigenvalue weighted by atomic mass is 16.6. The van der Waals surface area contributed by atoms with Crippen LogP contribution in [-0.4, -0.2) is 16.1 Å². The van der Waals surface area contributed by atoms with Crippen molar-refractivity contribution in [1.29, 1.82) is 0 Å². The summed E-state index contributed by atoms with van der Waals surface area (Å²) in [5, 5.41) is 20.3. The first-order valence-corrected chi connectivity index (χ1v) is 5.94. The molecule has 4 nitrogen and oxygen atoms in total. The molecular weight excluding hydrogens is 218 g/mol. The Morgan fingerprint density at radius 2 is 1.94 bits per heavy atom. The topological polar surface area (TPSA) is 63.4 Å². The lowest BCUT2D eigenvalue weighted by molar-refractivity contribution is -0.384. The highest BCUT2D eigenvalue weighted by Crippen LogP contribution is 2.16. The molecule has 0 spiro atoms. The van der Waals surface area contributed by atoms with E-state index in [1.54, 1.807) is 12.1 Å². The van der Waals surface area contributed by atoms with Crippen molar-refractivity contribution in [2.24, 2.45) is 5.92 Å². The van der Waals surface area contributed by atoms with Crippen LogP contribution in [0.2, 0.25) is 0 Å². The molecule has 0 aliphatic rings. The molecule has 0 aliphatic carbocycles. The van der Waals surface area contributed by atoms with E-state index in [9.17, 15) is 15.2 Å². The number of nitro groups is 1. The first-order valence-electron chi connectivity index (χ1n) is 5.94. The fourth-order valence-electron chi connectivity index (χ4n) is 1.74. The molecule has 0 radical (unpaired) electrons. The molecule has 94 valence electrons. The van der Waals surface area contributed by atoms with E-state index in [0.717, 1.165) is 18.4 Å². The zero-order valence-corrected chi connectivity index (χ0v) is 10.3. The second-order valence-corrected chi connectivity index (χ2v) is 4.53. The van der Waals surface area contributed by atoms with E-state index < -0.39 is 4.92 Å². The van der Waals surface area contributed by atoms with Crippen LogP contribution in [0.4, 0.5) is 5.69 Å². The van der Waals surface area contributed by atoms with E-state index in [0.29, 0.717) is 12.3 Å². The summed E-state index contributed by atoms with van der Waals surface area (Å²) in [7, 11) is 0. The molecule has 0 aliphatic heterocycles. The van der Waals surface area contributed by atoms with Crippen molar-refractivity contribution in [2.45, 2.75) is 39.2 Å². The minimum atomic E-state index is -0.417. The van der Waals surface area contributed by atoms with Gasteiger partial charge in [0.2, 0.25) is 0 Å². The van der Waals surface area contributed by atoms with Gasteiger partial charge in [0.25, 0.3) is 5.69 Å². The number of nitrogens with zero attached hydrogens (tertiary/aromatic N) is 1. The number of non-ortho nitro benzene ring substituents is 1. The van der Waals surface area contributed by atoms with E-state index in [2.05, 4.69) is 13.8 Å². The van der Waals surface area contributed by atoms with Crippen molar-refractivity contribution in [3.05, 3.63) is 39.9 Å². The molecule has 2 unspecified atom stereocenters. The van der Waals surface area contributed by atoms with Crippen LogP contribution in [0, 0.1) is 16.0 Å². The highest BCUT2D eigenvalue weighted by Gasteiger charge is 2.11. The van der Waals surface area contributed by atoms with E-state index in [-0.39, 0.29) is 11.8 Å². The lowest BCUT2D eigenvalue weighted by Crippen LogP contribution is -2.14. The van der Waals surface area contributed by atoms with Crippen LogP contribution in [0.25, 0.3) is 0 Å². The standard InChI is InChI=1S/C13H19NO3/c1-3-10(2)8-13(15)9-11-4-6-12(7-5-11)14(16)17/h4-7,10,13,15H,3,8-9H2,1-2H3. The first-order chi connectivity index (χ1) is 8.02. The third-order valence-corrected chi connectivity index (χ3v) is 2.99. The van der Waals surface area contributed by atoms with Gasteiger partial charge in [-0.1, -0.05) is 32.4 Å². The van der Waals surface area contributed by atoms with Crippen molar-refractivity contribution < 1.29 is 10.0 Å². The second kappa shape index (κ2) is 6.35. The molecule has 17 heavy (non-hydrogen) atoms. The Labute approximate surface area is 101 Å². The molecule has 1 rings (SSSR count). The average Bonchev–Trinajstić information content (AvgIpc) is 2.29. The zero-order chi connectivity index (χ0) is 12.8. The summed E-state index contributed by atoms with van der Waals surface area (Å²) in [5.41, 5.74) is 1.02. The fraction of sp³-hybridized carbons (Fsp3) is 0.538. The molecule has 0 saturated heterocycles. The lowest BCUT2D eigenvalue weighted by Gasteiger charge is -2.14. The van der Waals surface area contributed by atoms with Crippen LogP contribution in [0.5, 0.6) is 0 Å². The van der Waals surface area contributed by atoms with Crippen LogP contribution in [0.3, 0.4) is 0 Å². The summed E-state index contributed by atoms with van der Waals surface area (Å²) in [6.45, 7) is 4.21. The summed E-state index contributed by atoms with van der Waals surface area (Å²) in [6.07, 6.45) is 2.01. The highest BCUT2D eigenvalue weighted by molar-refractivity contribution is 5.33. The summed E-state index contributed by atoms with van der Waals surface area (Å²) in [5.74, 6) is 0.503. The largest absolute Gasteiger partial charge is 0.393 e. The summed E-state index contributed by atoms with van der Waals surface area (Å²) in [6, 6.07) is 6.37. The maximum Gasteiger partial charge on any atom is 0.269 e. The maximum absolute atomic E-state index is 10.5. The first kappa shape index (κ1) is 13.6. The number of rotatable bonds is 6. The van der Waals surface area contributed by atoms with E-state index in [1.165, 1.54) is 12.1 Å². The van der Waals surface area contributed by atoms with Crippen molar-refractivity contribution in [1.82, 2.24) is 0 Å². The Morgan fingerprint density at radius 1 is 1.35 bits per heavy atom. The maximum atomic E-state index is 10.5. The number of hydrogen-bond acceptors (Lipinski definition) is 3. The third kappa shape index (κ3) is 4.53.